The maximum atomic E-state index is 12.7. The van der Waals surface area contributed by atoms with Crippen molar-refractivity contribution in [2.75, 3.05) is 25.1 Å². The molecule has 1 saturated heterocycles. The number of benzene rings is 2. The van der Waals surface area contributed by atoms with E-state index >= 15 is 0 Å². The van der Waals surface area contributed by atoms with Crippen LogP contribution in [-0.4, -0.2) is 41.7 Å². The van der Waals surface area contributed by atoms with Crippen molar-refractivity contribution in [1.29, 1.82) is 0 Å². The number of thioether (sulfide) groups is 1. The first-order chi connectivity index (χ1) is 14.9. The summed E-state index contributed by atoms with van der Waals surface area (Å²) in [5.41, 5.74) is 2.31. The van der Waals surface area contributed by atoms with E-state index in [0.717, 1.165) is 22.2 Å². The first-order valence-electron chi connectivity index (χ1n) is 9.92. The van der Waals surface area contributed by atoms with Crippen LogP contribution in [-0.2, 0) is 9.59 Å². The van der Waals surface area contributed by atoms with Gasteiger partial charge < -0.3 is 14.8 Å². The van der Waals surface area contributed by atoms with Crippen molar-refractivity contribution in [2.45, 2.75) is 20.8 Å². The molecule has 7 nitrogen and oxygen atoms in total. The summed E-state index contributed by atoms with van der Waals surface area (Å²) in [6, 6.07) is 12.6. The summed E-state index contributed by atoms with van der Waals surface area (Å²) in [7, 11) is 0. The summed E-state index contributed by atoms with van der Waals surface area (Å²) in [5, 5.41) is 2.23. The number of anilines is 1. The minimum Gasteiger partial charge on any atom is -0.490 e. The number of carbonyl (C=O) groups is 3. The molecule has 2 aromatic rings. The van der Waals surface area contributed by atoms with Crippen LogP contribution in [0.1, 0.15) is 25.0 Å². The van der Waals surface area contributed by atoms with Crippen molar-refractivity contribution in [3.8, 4) is 11.5 Å². The fourth-order valence-electron chi connectivity index (χ4n) is 3.01. The fourth-order valence-corrected chi connectivity index (χ4v) is 3.85. The number of imide groups is 1. The second-order valence-corrected chi connectivity index (χ2v) is 7.75. The van der Waals surface area contributed by atoms with Crippen LogP contribution >= 0.6 is 11.8 Å². The second-order valence-electron chi connectivity index (χ2n) is 6.76. The molecule has 1 aliphatic heterocycles. The number of ether oxygens (including phenoxy) is 2. The molecule has 8 heteroatoms. The molecule has 0 atom stereocenters. The predicted octanol–water partition coefficient (Wildman–Crippen LogP) is 4.47. The maximum absolute atomic E-state index is 12.7. The Balaban J connectivity index is 1.72. The fraction of sp³-hybridized carbons (Fsp3) is 0.261. The van der Waals surface area contributed by atoms with Gasteiger partial charge in [0, 0.05) is 5.69 Å². The van der Waals surface area contributed by atoms with E-state index in [-0.39, 0.29) is 11.4 Å². The lowest BCUT2D eigenvalue weighted by molar-refractivity contribution is -0.127. The number of carbonyl (C=O) groups excluding carboxylic acids is 3. The van der Waals surface area contributed by atoms with Crippen LogP contribution in [0, 0.1) is 6.92 Å². The van der Waals surface area contributed by atoms with Crippen molar-refractivity contribution in [3.63, 3.8) is 0 Å². The minimum absolute atomic E-state index is 0.250. The Bertz CT molecular complexity index is 1030. The molecule has 0 unspecified atom stereocenters. The summed E-state index contributed by atoms with van der Waals surface area (Å²) in [6.07, 6.45) is 1.61. The van der Waals surface area contributed by atoms with Crippen molar-refractivity contribution >= 4 is 40.6 Å². The van der Waals surface area contributed by atoms with Crippen LogP contribution < -0.4 is 14.8 Å². The maximum Gasteiger partial charge on any atom is 0.294 e. The Kier molecular flexibility index (Phi) is 7.36. The molecule has 0 saturated carbocycles. The van der Waals surface area contributed by atoms with Crippen LogP contribution in [0.3, 0.4) is 0 Å². The number of nitrogens with zero attached hydrogens (tertiary/aromatic N) is 1. The molecule has 0 aromatic heterocycles. The Morgan fingerprint density at radius 3 is 2.52 bits per heavy atom. The Morgan fingerprint density at radius 2 is 1.81 bits per heavy atom. The smallest absolute Gasteiger partial charge is 0.294 e. The molecule has 0 spiro atoms. The van der Waals surface area contributed by atoms with E-state index in [4.69, 9.17) is 9.47 Å². The number of rotatable bonds is 8. The highest BCUT2D eigenvalue weighted by atomic mass is 32.2. The molecule has 1 aliphatic rings. The van der Waals surface area contributed by atoms with Gasteiger partial charge in [0.15, 0.2) is 11.5 Å². The van der Waals surface area contributed by atoms with Crippen LogP contribution in [0.2, 0.25) is 0 Å². The highest BCUT2D eigenvalue weighted by Gasteiger charge is 2.36. The molecule has 2 aromatic carbocycles. The van der Waals surface area contributed by atoms with Gasteiger partial charge in [-0.05, 0) is 74.0 Å². The summed E-state index contributed by atoms with van der Waals surface area (Å²) >= 11 is 0.808. The lowest BCUT2D eigenvalue weighted by atomic mass is 10.2. The number of nitrogens with one attached hydrogen (secondary N) is 1. The number of hydrogen-bond donors (Lipinski definition) is 1. The van der Waals surface area contributed by atoms with Crippen molar-refractivity contribution < 1.29 is 23.9 Å². The lowest BCUT2D eigenvalue weighted by Crippen LogP contribution is -2.36. The Labute approximate surface area is 185 Å². The molecular formula is C23H24N2O5S. The number of hydrogen-bond acceptors (Lipinski definition) is 6. The summed E-state index contributed by atoms with van der Waals surface area (Å²) in [4.78, 5) is 38.6. The van der Waals surface area contributed by atoms with E-state index in [1.165, 1.54) is 0 Å². The van der Waals surface area contributed by atoms with Crippen molar-refractivity contribution in [3.05, 3.63) is 58.5 Å². The summed E-state index contributed by atoms with van der Waals surface area (Å²) in [5.74, 6) is 0.243. The van der Waals surface area contributed by atoms with Crippen LogP contribution in [0.25, 0.3) is 6.08 Å². The molecule has 31 heavy (non-hydrogen) atoms. The zero-order chi connectivity index (χ0) is 22.4. The first-order valence-corrected chi connectivity index (χ1v) is 10.7. The standard InChI is InChI=1S/C23H24N2O5S/c1-4-29-18-10-9-16(12-19(18)30-5-2)13-20-22(27)25(23(28)31-20)14-21(26)24-17-8-6-7-15(3)11-17/h6-13H,4-5,14H2,1-3H3,(H,24,26)/b20-13+. The van der Waals surface area contributed by atoms with Gasteiger partial charge >= 0.3 is 0 Å². The Morgan fingerprint density at radius 1 is 1.06 bits per heavy atom. The monoisotopic (exact) mass is 440 g/mol. The number of aryl methyl sites for hydroxylation is 1. The van der Waals surface area contributed by atoms with Gasteiger partial charge in [-0.3, -0.25) is 19.3 Å². The molecule has 0 radical (unpaired) electrons. The summed E-state index contributed by atoms with van der Waals surface area (Å²) < 4.78 is 11.2. The Hall–Kier alpha value is -3.26. The first kappa shape index (κ1) is 22.4. The van der Waals surface area contributed by atoms with Crippen LogP contribution in [0.4, 0.5) is 10.5 Å². The highest BCUT2D eigenvalue weighted by Crippen LogP contribution is 2.34. The van der Waals surface area contributed by atoms with Gasteiger partial charge in [0.2, 0.25) is 5.91 Å². The van der Waals surface area contributed by atoms with Gasteiger partial charge in [-0.1, -0.05) is 18.2 Å². The third-order valence-corrected chi connectivity index (χ3v) is 5.25. The summed E-state index contributed by atoms with van der Waals surface area (Å²) in [6.45, 7) is 6.29. The third kappa shape index (κ3) is 5.67. The molecule has 1 heterocycles. The van der Waals surface area contributed by atoms with Gasteiger partial charge in [-0.15, -0.1) is 0 Å². The van der Waals surface area contributed by atoms with E-state index in [2.05, 4.69) is 5.32 Å². The average molecular weight is 441 g/mol. The third-order valence-electron chi connectivity index (χ3n) is 4.34. The lowest BCUT2D eigenvalue weighted by Gasteiger charge is -2.13. The second kappa shape index (κ2) is 10.2. The molecule has 0 aliphatic carbocycles. The quantitative estimate of drug-likeness (QED) is 0.610. The van der Waals surface area contributed by atoms with E-state index in [0.29, 0.717) is 36.0 Å². The van der Waals surface area contributed by atoms with Crippen LogP contribution in [0.15, 0.2) is 47.4 Å². The predicted molar refractivity (Wildman–Crippen MR) is 121 cm³/mol. The molecule has 0 bridgehead atoms. The van der Waals surface area contributed by atoms with E-state index in [9.17, 15) is 14.4 Å². The van der Waals surface area contributed by atoms with Crippen molar-refractivity contribution in [1.82, 2.24) is 4.90 Å². The van der Waals surface area contributed by atoms with E-state index in [1.807, 2.05) is 39.0 Å². The molecular weight excluding hydrogens is 416 g/mol. The molecule has 3 rings (SSSR count). The van der Waals surface area contributed by atoms with Gasteiger partial charge in [0.05, 0.1) is 18.1 Å². The van der Waals surface area contributed by atoms with Gasteiger partial charge in [0.25, 0.3) is 11.1 Å². The molecule has 3 amide bonds. The largest absolute Gasteiger partial charge is 0.490 e. The van der Waals surface area contributed by atoms with E-state index in [1.54, 1.807) is 30.3 Å². The SMILES string of the molecule is CCOc1ccc(/C=C2/SC(=O)N(CC(=O)Nc3cccc(C)c3)C2=O)cc1OCC. The zero-order valence-electron chi connectivity index (χ0n) is 17.6. The van der Waals surface area contributed by atoms with Crippen molar-refractivity contribution in [2.24, 2.45) is 0 Å². The normalized spacial score (nSPS) is 14.8. The number of amides is 3. The van der Waals surface area contributed by atoms with Gasteiger partial charge in [0.1, 0.15) is 6.54 Å². The highest BCUT2D eigenvalue weighted by molar-refractivity contribution is 8.18. The zero-order valence-corrected chi connectivity index (χ0v) is 18.5. The average Bonchev–Trinajstić information content (AvgIpc) is 2.97. The minimum atomic E-state index is -0.499. The molecule has 1 fully saturated rings. The van der Waals surface area contributed by atoms with E-state index < -0.39 is 17.1 Å². The molecule has 162 valence electrons. The van der Waals surface area contributed by atoms with Gasteiger partial charge in [-0.2, -0.15) is 0 Å². The van der Waals surface area contributed by atoms with Crippen LogP contribution in [0.5, 0.6) is 11.5 Å². The topological polar surface area (TPSA) is 84.9 Å². The van der Waals surface area contributed by atoms with Gasteiger partial charge in [-0.25, -0.2) is 0 Å². The molecule has 1 N–H and O–H groups in total.